The van der Waals surface area contributed by atoms with Crippen molar-refractivity contribution in [3.05, 3.63) is 83.2 Å². The minimum Gasteiger partial charge on any atom is -0.403 e. The number of hydrazine groups is 1. The number of carbonyl (C=O) groups excluding carboxylic acids is 1. The van der Waals surface area contributed by atoms with Gasteiger partial charge >= 0.3 is 12.4 Å². The first-order valence-electron chi connectivity index (χ1n) is 12.3. The van der Waals surface area contributed by atoms with Gasteiger partial charge in [0.2, 0.25) is 5.91 Å². The fraction of sp³-hybridized carbons (Fsp3) is 0.444. The second-order valence-corrected chi connectivity index (χ2v) is 9.31. The van der Waals surface area contributed by atoms with Gasteiger partial charge in [-0.2, -0.15) is 26.3 Å². The minimum absolute atomic E-state index is 0.0892. The van der Waals surface area contributed by atoms with Crippen LogP contribution in [0.3, 0.4) is 0 Å². The molecule has 0 saturated heterocycles. The van der Waals surface area contributed by atoms with Gasteiger partial charge in [-0.1, -0.05) is 30.3 Å². The van der Waals surface area contributed by atoms with E-state index in [4.69, 9.17) is 22.0 Å². The van der Waals surface area contributed by atoms with Crippen LogP contribution >= 0.6 is 0 Å². The van der Waals surface area contributed by atoms with Crippen molar-refractivity contribution in [1.29, 1.82) is 0 Å². The fourth-order valence-corrected chi connectivity index (χ4v) is 3.85. The van der Waals surface area contributed by atoms with Crippen LogP contribution in [0.5, 0.6) is 0 Å². The second kappa shape index (κ2) is 16.1. The van der Waals surface area contributed by atoms with E-state index in [1.165, 1.54) is 25.8 Å². The standard InChI is InChI=1S/C16H27N5O.C11H10F6O/c1-20(13-16(18)22)11-15(12-21(19)10-9-17)8-7-14-5-3-2-4-6-14;1-6(18-2)7-3-8(10(12,13)14)5-9(4-7)11(15,16)17/h2-6,9-10,15H,7-8,11-13,17,19H2,1H3,(H2,18,22);3-6H,1-2H3/b10-9-;/t15-;6-/m01/s1. The van der Waals surface area contributed by atoms with Crippen molar-refractivity contribution in [1.82, 2.24) is 9.91 Å². The van der Waals surface area contributed by atoms with E-state index in [1.807, 2.05) is 30.1 Å². The number of nitrogens with two attached hydrogens (primary N) is 3. The van der Waals surface area contributed by atoms with E-state index >= 15 is 0 Å². The Morgan fingerprint density at radius 2 is 1.55 bits per heavy atom. The van der Waals surface area contributed by atoms with Crippen LogP contribution in [0.1, 0.15) is 41.7 Å². The molecule has 0 saturated carbocycles. The maximum atomic E-state index is 12.5. The Balaban J connectivity index is 0.000000408. The molecule has 2 atom stereocenters. The predicted octanol–water partition coefficient (Wildman–Crippen LogP) is 4.69. The topological polar surface area (TPSA) is 111 Å². The van der Waals surface area contributed by atoms with Crippen LogP contribution in [0, 0.1) is 5.92 Å². The lowest BCUT2D eigenvalue weighted by Crippen LogP contribution is -2.39. The summed E-state index contributed by atoms with van der Waals surface area (Å²) in [5, 5.41) is 1.58. The first kappa shape index (κ1) is 34.7. The third-order valence-corrected chi connectivity index (χ3v) is 5.86. The van der Waals surface area contributed by atoms with Crippen molar-refractivity contribution in [2.45, 2.75) is 38.2 Å². The number of ether oxygens (including phenoxy) is 1. The zero-order chi connectivity index (χ0) is 30.5. The summed E-state index contributed by atoms with van der Waals surface area (Å²) in [4.78, 5) is 12.9. The number of halogens is 6. The number of alkyl halides is 6. The number of rotatable bonds is 12. The Labute approximate surface area is 230 Å². The summed E-state index contributed by atoms with van der Waals surface area (Å²) in [5.41, 5.74) is 9.06. The van der Waals surface area contributed by atoms with E-state index in [0.29, 0.717) is 24.6 Å². The molecule has 0 aliphatic heterocycles. The lowest BCUT2D eigenvalue weighted by atomic mass is 9.98. The molecule has 0 spiro atoms. The van der Waals surface area contributed by atoms with Gasteiger partial charge in [0.1, 0.15) is 0 Å². The van der Waals surface area contributed by atoms with Crippen molar-refractivity contribution in [3.63, 3.8) is 0 Å². The smallest absolute Gasteiger partial charge is 0.403 e. The SMILES string of the molecule is CN(CC(N)=O)C[C@H](CCc1ccccc1)CN(N)/C=C\N.CO[C@H](C)c1cc(C(F)(F)F)cc(C(F)(F)F)c1. The number of primary amides is 1. The Kier molecular flexibility index (Phi) is 14.0. The van der Waals surface area contributed by atoms with Crippen LogP contribution in [0.4, 0.5) is 26.3 Å². The Morgan fingerprint density at radius 3 is 2.00 bits per heavy atom. The molecule has 40 heavy (non-hydrogen) atoms. The summed E-state index contributed by atoms with van der Waals surface area (Å²) in [7, 11) is 3.10. The molecule has 0 aliphatic carbocycles. The zero-order valence-electron chi connectivity index (χ0n) is 22.7. The molecule has 1 amide bonds. The summed E-state index contributed by atoms with van der Waals surface area (Å²) in [6.07, 6.45) is -5.51. The monoisotopic (exact) mass is 577 g/mol. The number of nitrogens with zero attached hydrogens (tertiary/aromatic N) is 2. The Morgan fingerprint density at radius 1 is 1.00 bits per heavy atom. The molecule has 0 radical (unpaired) electrons. The molecule has 13 heteroatoms. The van der Waals surface area contributed by atoms with Gasteiger partial charge in [0, 0.05) is 32.6 Å². The van der Waals surface area contributed by atoms with E-state index in [0.717, 1.165) is 19.4 Å². The number of likely N-dealkylation sites (N-methyl/N-ethyl adjacent to an activating group) is 1. The quantitative estimate of drug-likeness (QED) is 0.192. The molecule has 0 unspecified atom stereocenters. The molecule has 2 rings (SSSR count). The second-order valence-electron chi connectivity index (χ2n) is 9.31. The molecule has 2 aromatic rings. The van der Waals surface area contributed by atoms with Gasteiger partial charge in [-0.15, -0.1) is 0 Å². The van der Waals surface area contributed by atoms with Crippen LogP contribution in [0.25, 0.3) is 0 Å². The largest absolute Gasteiger partial charge is 0.416 e. The van der Waals surface area contributed by atoms with Crippen molar-refractivity contribution in [3.8, 4) is 0 Å². The number of aryl methyl sites for hydroxylation is 1. The zero-order valence-corrected chi connectivity index (χ0v) is 22.7. The third kappa shape index (κ3) is 13.2. The molecule has 224 valence electrons. The van der Waals surface area contributed by atoms with Gasteiger partial charge in [0.15, 0.2) is 0 Å². The molecular formula is C27H37F6N5O2. The summed E-state index contributed by atoms with van der Waals surface area (Å²) in [6.45, 7) is 3.04. The van der Waals surface area contributed by atoms with Crippen molar-refractivity contribution in [2.24, 2.45) is 23.2 Å². The normalized spacial score (nSPS) is 13.6. The molecular weight excluding hydrogens is 540 g/mol. The highest BCUT2D eigenvalue weighted by Crippen LogP contribution is 2.37. The maximum absolute atomic E-state index is 12.5. The Hall–Kier alpha value is -3.29. The first-order chi connectivity index (χ1) is 18.6. The first-order valence-corrected chi connectivity index (χ1v) is 12.3. The van der Waals surface area contributed by atoms with E-state index in [2.05, 4.69) is 12.1 Å². The van der Waals surface area contributed by atoms with Gasteiger partial charge in [-0.3, -0.25) is 9.69 Å². The number of carbonyl (C=O) groups is 1. The third-order valence-electron chi connectivity index (χ3n) is 5.86. The maximum Gasteiger partial charge on any atom is 0.416 e. The summed E-state index contributed by atoms with van der Waals surface area (Å²) in [5.74, 6) is 5.87. The van der Waals surface area contributed by atoms with Crippen molar-refractivity contribution < 1.29 is 35.9 Å². The van der Waals surface area contributed by atoms with Crippen molar-refractivity contribution >= 4 is 5.91 Å². The Bertz CT molecular complexity index is 1030. The van der Waals surface area contributed by atoms with Crippen molar-refractivity contribution in [2.75, 3.05) is 33.8 Å². The molecule has 0 fully saturated rings. The highest BCUT2D eigenvalue weighted by Gasteiger charge is 2.37. The molecule has 0 bridgehead atoms. The molecule has 0 aromatic heterocycles. The number of benzene rings is 2. The average molecular weight is 578 g/mol. The van der Waals surface area contributed by atoms with E-state index in [-0.39, 0.29) is 24.1 Å². The van der Waals surface area contributed by atoms with Gasteiger partial charge in [0.05, 0.1) is 23.8 Å². The summed E-state index contributed by atoms with van der Waals surface area (Å²) < 4.78 is 79.7. The van der Waals surface area contributed by atoms with Gasteiger partial charge in [-0.05, 0) is 62.1 Å². The molecule has 7 nitrogen and oxygen atoms in total. The molecule has 0 heterocycles. The van der Waals surface area contributed by atoms with Gasteiger partial charge in [-0.25, -0.2) is 5.84 Å². The fourth-order valence-electron chi connectivity index (χ4n) is 3.85. The lowest BCUT2D eigenvalue weighted by Gasteiger charge is -2.26. The summed E-state index contributed by atoms with van der Waals surface area (Å²) >= 11 is 0. The van der Waals surface area contributed by atoms with E-state index in [9.17, 15) is 31.1 Å². The van der Waals surface area contributed by atoms with Crippen LogP contribution in [0.15, 0.2) is 60.9 Å². The van der Waals surface area contributed by atoms with Crippen LogP contribution in [-0.4, -0.2) is 49.6 Å². The number of methoxy groups -OCH3 is 1. The number of amides is 1. The van der Waals surface area contributed by atoms with E-state index < -0.39 is 29.6 Å². The molecule has 0 aliphatic rings. The van der Waals surface area contributed by atoms with E-state index in [1.54, 1.807) is 11.2 Å². The molecule has 2 aromatic carbocycles. The minimum atomic E-state index is -4.83. The number of hydrogen-bond acceptors (Lipinski definition) is 6. The van der Waals surface area contributed by atoms with Crippen LogP contribution in [0.2, 0.25) is 0 Å². The van der Waals surface area contributed by atoms with Crippen LogP contribution < -0.4 is 17.3 Å². The number of hydrogen-bond donors (Lipinski definition) is 3. The molecule has 6 N–H and O–H groups in total. The van der Waals surface area contributed by atoms with Gasteiger partial charge in [0.25, 0.3) is 0 Å². The van der Waals surface area contributed by atoms with Gasteiger partial charge < -0.3 is 21.2 Å². The average Bonchev–Trinajstić information content (AvgIpc) is 2.86. The predicted molar refractivity (Wildman–Crippen MR) is 141 cm³/mol. The lowest BCUT2D eigenvalue weighted by molar-refractivity contribution is -0.143. The highest BCUT2D eigenvalue weighted by atomic mass is 19.4. The highest BCUT2D eigenvalue weighted by molar-refractivity contribution is 5.75. The summed E-state index contributed by atoms with van der Waals surface area (Å²) in [6, 6.07) is 11.7. The van der Waals surface area contributed by atoms with Crippen LogP contribution in [-0.2, 0) is 28.3 Å².